The van der Waals surface area contributed by atoms with Gasteiger partial charge in [0.25, 0.3) is 0 Å². The van der Waals surface area contributed by atoms with Crippen molar-refractivity contribution in [1.29, 1.82) is 0 Å². The number of thiazole rings is 1. The van der Waals surface area contributed by atoms with Gasteiger partial charge < -0.3 is 14.8 Å². The van der Waals surface area contributed by atoms with Crippen LogP contribution < -0.4 is 14.8 Å². The van der Waals surface area contributed by atoms with Crippen LogP contribution in [-0.4, -0.2) is 67.6 Å². The molecular weight excluding hydrogens is 424 g/mol. The minimum absolute atomic E-state index is 0.0295. The molecule has 168 valence electrons. The van der Waals surface area contributed by atoms with Gasteiger partial charge in [-0.3, -0.25) is 14.6 Å². The van der Waals surface area contributed by atoms with Crippen LogP contribution >= 0.6 is 11.3 Å². The van der Waals surface area contributed by atoms with E-state index in [1.165, 1.54) is 0 Å². The summed E-state index contributed by atoms with van der Waals surface area (Å²) in [5, 5.41) is 6.20. The van der Waals surface area contributed by atoms with Crippen molar-refractivity contribution in [3.05, 3.63) is 58.9 Å². The van der Waals surface area contributed by atoms with Gasteiger partial charge in [-0.25, -0.2) is 4.98 Å². The zero-order valence-corrected chi connectivity index (χ0v) is 19.2. The van der Waals surface area contributed by atoms with E-state index in [4.69, 9.17) is 14.5 Å². The van der Waals surface area contributed by atoms with Crippen molar-refractivity contribution in [2.24, 2.45) is 0 Å². The van der Waals surface area contributed by atoms with Gasteiger partial charge in [-0.2, -0.15) is 0 Å². The third-order valence-electron chi connectivity index (χ3n) is 5.48. The van der Waals surface area contributed by atoms with Crippen LogP contribution in [0.4, 0.5) is 5.69 Å². The van der Waals surface area contributed by atoms with Gasteiger partial charge in [-0.1, -0.05) is 30.3 Å². The number of nitrogens with one attached hydrogen (secondary N) is 1. The van der Waals surface area contributed by atoms with Gasteiger partial charge in [0.1, 0.15) is 5.01 Å². The molecule has 1 saturated heterocycles. The number of piperazine rings is 1. The van der Waals surface area contributed by atoms with Crippen LogP contribution in [0.5, 0.6) is 11.5 Å². The molecule has 1 aliphatic heterocycles. The highest BCUT2D eigenvalue weighted by Crippen LogP contribution is 2.29. The third-order valence-corrected chi connectivity index (χ3v) is 6.31. The van der Waals surface area contributed by atoms with Crippen molar-refractivity contribution in [3.8, 4) is 22.8 Å². The van der Waals surface area contributed by atoms with Crippen LogP contribution in [0.2, 0.25) is 0 Å². The maximum Gasteiger partial charge on any atom is 0.238 e. The number of aromatic nitrogens is 1. The number of benzene rings is 2. The molecule has 2 heterocycles. The van der Waals surface area contributed by atoms with Crippen molar-refractivity contribution in [1.82, 2.24) is 14.8 Å². The van der Waals surface area contributed by atoms with E-state index in [0.717, 1.165) is 49.0 Å². The molecule has 1 amide bonds. The molecule has 0 unspecified atom stereocenters. The fourth-order valence-electron chi connectivity index (χ4n) is 3.74. The summed E-state index contributed by atoms with van der Waals surface area (Å²) in [6, 6.07) is 15.6. The first-order valence-corrected chi connectivity index (χ1v) is 11.5. The second-order valence-corrected chi connectivity index (χ2v) is 8.61. The smallest absolute Gasteiger partial charge is 0.238 e. The third kappa shape index (κ3) is 5.64. The van der Waals surface area contributed by atoms with E-state index in [0.29, 0.717) is 23.7 Å². The van der Waals surface area contributed by atoms with Crippen LogP contribution in [-0.2, 0) is 11.3 Å². The fraction of sp³-hybridized carbons (Fsp3) is 0.333. The molecule has 1 fully saturated rings. The Morgan fingerprint density at radius 1 is 1.00 bits per heavy atom. The molecule has 0 spiro atoms. The second kappa shape index (κ2) is 10.6. The molecule has 0 saturated carbocycles. The molecule has 0 atom stereocenters. The van der Waals surface area contributed by atoms with Crippen LogP contribution in [0, 0.1) is 0 Å². The van der Waals surface area contributed by atoms with E-state index in [-0.39, 0.29) is 5.91 Å². The van der Waals surface area contributed by atoms with Crippen LogP contribution in [0.25, 0.3) is 11.3 Å². The lowest BCUT2D eigenvalue weighted by atomic mass is 10.2. The van der Waals surface area contributed by atoms with E-state index >= 15 is 0 Å². The zero-order chi connectivity index (χ0) is 22.3. The minimum Gasteiger partial charge on any atom is -0.493 e. The van der Waals surface area contributed by atoms with E-state index in [9.17, 15) is 4.79 Å². The van der Waals surface area contributed by atoms with E-state index in [2.05, 4.69) is 32.6 Å². The predicted octanol–water partition coefficient (Wildman–Crippen LogP) is 3.58. The average molecular weight is 453 g/mol. The number of amides is 1. The fourth-order valence-corrected chi connectivity index (χ4v) is 4.58. The molecular formula is C24H28N4O3S. The number of methoxy groups -OCH3 is 2. The molecule has 1 aromatic heterocycles. The summed E-state index contributed by atoms with van der Waals surface area (Å²) in [5.41, 5.74) is 2.89. The van der Waals surface area contributed by atoms with Gasteiger partial charge in [-0.15, -0.1) is 11.3 Å². The molecule has 1 aliphatic rings. The maximum atomic E-state index is 12.5. The number of hydrogen-bond acceptors (Lipinski definition) is 7. The van der Waals surface area contributed by atoms with Crippen LogP contribution in [0.3, 0.4) is 0 Å². The Hall–Kier alpha value is -2.94. The second-order valence-electron chi connectivity index (χ2n) is 7.66. The minimum atomic E-state index is -0.0295. The molecule has 7 nitrogen and oxygen atoms in total. The Morgan fingerprint density at radius 3 is 2.44 bits per heavy atom. The number of hydrogen-bond donors (Lipinski definition) is 1. The highest BCUT2D eigenvalue weighted by molar-refractivity contribution is 7.09. The molecule has 4 rings (SSSR count). The Bertz CT molecular complexity index is 1030. The molecule has 1 N–H and O–H groups in total. The van der Waals surface area contributed by atoms with E-state index in [1.54, 1.807) is 37.7 Å². The summed E-state index contributed by atoms with van der Waals surface area (Å²) in [5.74, 6) is 1.20. The van der Waals surface area contributed by atoms with Crippen molar-refractivity contribution in [3.63, 3.8) is 0 Å². The van der Waals surface area contributed by atoms with Crippen molar-refractivity contribution >= 4 is 22.9 Å². The van der Waals surface area contributed by atoms with Gasteiger partial charge in [0.05, 0.1) is 33.0 Å². The molecule has 2 aromatic carbocycles. The highest BCUT2D eigenvalue weighted by Gasteiger charge is 2.20. The Morgan fingerprint density at radius 2 is 1.72 bits per heavy atom. The van der Waals surface area contributed by atoms with E-state index in [1.807, 2.05) is 24.3 Å². The predicted molar refractivity (Wildman–Crippen MR) is 127 cm³/mol. The van der Waals surface area contributed by atoms with Gasteiger partial charge >= 0.3 is 0 Å². The SMILES string of the molecule is COc1ccc(NC(=O)CN2CCN(Cc3nc(-c4ccccc4)cs3)CC2)cc1OC. The van der Waals surface area contributed by atoms with Crippen molar-refractivity contribution in [2.75, 3.05) is 52.3 Å². The van der Waals surface area contributed by atoms with Crippen LogP contribution in [0.15, 0.2) is 53.9 Å². The number of ether oxygens (including phenoxy) is 2. The summed E-state index contributed by atoms with van der Waals surface area (Å²) in [6.07, 6.45) is 0. The topological polar surface area (TPSA) is 66.9 Å². The quantitative estimate of drug-likeness (QED) is 0.564. The monoisotopic (exact) mass is 452 g/mol. The lowest BCUT2D eigenvalue weighted by Crippen LogP contribution is -2.48. The van der Waals surface area contributed by atoms with Crippen molar-refractivity contribution < 1.29 is 14.3 Å². The largest absolute Gasteiger partial charge is 0.493 e. The van der Waals surface area contributed by atoms with Gasteiger partial charge in [0, 0.05) is 48.9 Å². The standard InChI is InChI=1S/C24H28N4O3S/c1-30-21-9-8-19(14-22(21)31-2)25-23(29)15-27-10-12-28(13-11-27)16-24-26-20(17-32-24)18-6-4-3-5-7-18/h3-9,14,17H,10-13,15-16H2,1-2H3,(H,25,29). The van der Waals surface area contributed by atoms with Gasteiger partial charge in [-0.05, 0) is 12.1 Å². The Kier molecular flexibility index (Phi) is 7.36. The molecule has 3 aromatic rings. The first-order valence-electron chi connectivity index (χ1n) is 10.6. The number of anilines is 1. The Balaban J connectivity index is 1.24. The molecule has 0 bridgehead atoms. The Labute approximate surface area is 192 Å². The first-order chi connectivity index (χ1) is 15.6. The normalized spacial score (nSPS) is 14.8. The summed E-state index contributed by atoms with van der Waals surface area (Å²) in [7, 11) is 3.17. The summed E-state index contributed by atoms with van der Waals surface area (Å²) < 4.78 is 10.5. The van der Waals surface area contributed by atoms with Crippen molar-refractivity contribution in [2.45, 2.75) is 6.54 Å². The molecule has 0 radical (unpaired) electrons. The molecule has 32 heavy (non-hydrogen) atoms. The summed E-state index contributed by atoms with van der Waals surface area (Å²) in [6.45, 7) is 4.78. The van der Waals surface area contributed by atoms with Crippen LogP contribution in [0.1, 0.15) is 5.01 Å². The zero-order valence-electron chi connectivity index (χ0n) is 18.4. The highest BCUT2D eigenvalue weighted by atomic mass is 32.1. The number of nitrogens with zero attached hydrogens (tertiary/aromatic N) is 3. The average Bonchev–Trinajstić information content (AvgIpc) is 3.29. The molecule has 0 aliphatic carbocycles. The lowest BCUT2D eigenvalue weighted by molar-refractivity contribution is -0.117. The first kappa shape index (κ1) is 22.3. The summed E-state index contributed by atoms with van der Waals surface area (Å²) >= 11 is 1.71. The molecule has 8 heteroatoms. The van der Waals surface area contributed by atoms with Gasteiger partial charge in [0.15, 0.2) is 11.5 Å². The number of carbonyl (C=O) groups excluding carboxylic acids is 1. The lowest BCUT2D eigenvalue weighted by Gasteiger charge is -2.33. The number of rotatable bonds is 8. The van der Waals surface area contributed by atoms with Gasteiger partial charge in [0.2, 0.25) is 5.91 Å². The maximum absolute atomic E-state index is 12.5. The van der Waals surface area contributed by atoms with E-state index < -0.39 is 0 Å². The number of carbonyl (C=O) groups is 1. The summed E-state index contributed by atoms with van der Waals surface area (Å²) in [4.78, 5) is 21.9.